The summed E-state index contributed by atoms with van der Waals surface area (Å²) in [4.78, 5) is 23.6. The minimum Gasteiger partial charge on any atom is -0.479 e. The SMILES string of the molecule is Cc1ccc(=O)n(CCNC(=O)C(C)Oc2ccccc2Cl)n1. The molecular formula is C16H18ClN3O3. The summed E-state index contributed by atoms with van der Waals surface area (Å²) in [6.07, 6.45) is -0.697. The summed E-state index contributed by atoms with van der Waals surface area (Å²) < 4.78 is 6.84. The van der Waals surface area contributed by atoms with Crippen molar-refractivity contribution in [1.29, 1.82) is 0 Å². The van der Waals surface area contributed by atoms with Crippen LogP contribution in [0.5, 0.6) is 5.75 Å². The van der Waals surface area contributed by atoms with Gasteiger partial charge in [0.15, 0.2) is 6.10 Å². The minimum atomic E-state index is -0.697. The third-order valence-electron chi connectivity index (χ3n) is 3.13. The van der Waals surface area contributed by atoms with E-state index < -0.39 is 6.10 Å². The summed E-state index contributed by atoms with van der Waals surface area (Å²) in [5.41, 5.74) is 0.538. The molecular weight excluding hydrogens is 318 g/mol. The van der Waals surface area contributed by atoms with Crippen molar-refractivity contribution in [2.45, 2.75) is 26.5 Å². The van der Waals surface area contributed by atoms with Crippen LogP contribution < -0.4 is 15.6 Å². The van der Waals surface area contributed by atoms with Crippen molar-refractivity contribution < 1.29 is 9.53 Å². The van der Waals surface area contributed by atoms with Crippen LogP contribution in [0.15, 0.2) is 41.2 Å². The number of nitrogens with zero attached hydrogens (tertiary/aromatic N) is 2. The Hall–Kier alpha value is -2.34. The zero-order chi connectivity index (χ0) is 16.8. The number of aryl methyl sites for hydroxylation is 1. The van der Waals surface area contributed by atoms with Crippen molar-refractivity contribution >= 4 is 17.5 Å². The zero-order valence-corrected chi connectivity index (χ0v) is 13.7. The monoisotopic (exact) mass is 335 g/mol. The molecule has 7 heteroatoms. The van der Waals surface area contributed by atoms with Gasteiger partial charge in [-0.3, -0.25) is 9.59 Å². The molecule has 0 radical (unpaired) electrons. The van der Waals surface area contributed by atoms with E-state index in [9.17, 15) is 9.59 Å². The minimum absolute atomic E-state index is 0.204. The number of halogens is 1. The van der Waals surface area contributed by atoms with Gasteiger partial charge in [-0.05, 0) is 32.0 Å². The maximum absolute atomic E-state index is 12.0. The molecule has 0 saturated heterocycles. The predicted molar refractivity (Wildman–Crippen MR) is 87.8 cm³/mol. The molecule has 2 aromatic rings. The lowest BCUT2D eigenvalue weighted by atomic mass is 10.3. The van der Waals surface area contributed by atoms with E-state index >= 15 is 0 Å². The van der Waals surface area contributed by atoms with Crippen LogP contribution in [0.2, 0.25) is 5.02 Å². The van der Waals surface area contributed by atoms with Gasteiger partial charge in [0.25, 0.3) is 11.5 Å². The molecule has 1 aromatic heterocycles. The third-order valence-corrected chi connectivity index (χ3v) is 3.44. The van der Waals surface area contributed by atoms with Crippen LogP contribution >= 0.6 is 11.6 Å². The summed E-state index contributed by atoms with van der Waals surface area (Å²) in [6.45, 7) is 4.01. The van der Waals surface area contributed by atoms with Crippen molar-refractivity contribution in [3.8, 4) is 5.75 Å². The number of carbonyl (C=O) groups is 1. The molecule has 1 aromatic carbocycles. The Morgan fingerprint density at radius 2 is 2.09 bits per heavy atom. The van der Waals surface area contributed by atoms with E-state index in [1.54, 1.807) is 44.2 Å². The number of hydrogen-bond acceptors (Lipinski definition) is 4. The Balaban J connectivity index is 1.86. The van der Waals surface area contributed by atoms with E-state index in [2.05, 4.69) is 10.4 Å². The van der Waals surface area contributed by atoms with Gasteiger partial charge in [0, 0.05) is 12.6 Å². The molecule has 0 aliphatic rings. The van der Waals surface area contributed by atoms with Gasteiger partial charge in [0.2, 0.25) is 0 Å². The molecule has 0 aliphatic heterocycles. The van der Waals surface area contributed by atoms with E-state index in [0.29, 0.717) is 17.3 Å². The second-order valence-electron chi connectivity index (χ2n) is 5.02. The standard InChI is InChI=1S/C16H18ClN3O3/c1-11-7-8-15(21)20(19-11)10-9-18-16(22)12(2)23-14-6-4-3-5-13(14)17/h3-8,12H,9-10H2,1-2H3,(H,18,22). The number of nitrogens with one attached hydrogen (secondary N) is 1. The van der Waals surface area contributed by atoms with Gasteiger partial charge < -0.3 is 10.1 Å². The van der Waals surface area contributed by atoms with Gasteiger partial charge in [-0.1, -0.05) is 23.7 Å². The highest BCUT2D eigenvalue weighted by Gasteiger charge is 2.15. The normalized spacial score (nSPS) is 11.8. The number of carbonyl (C=O) groups excluding carboxylic acids is 1. The van der Waals surface area contributed by atoms with Gasteiger partial charge >= 0.3 is 0 Å². The number of benzene rings is 1. The van der Waals surface area contributed by atoms with E-state index in [0.717, 1.165) is 5.69 Å². The van der Waals surface area contributed by atoms with E-state index in [1.165, 1.54) is 10.7 Å². The highest BCUT2D eigenvalue weighted by atomic mass is 35.5. The quantitative estimate of drug-likeness (QED) is 0.873. The Bertz CT molecular complexity index is 745. The second kappa shape index (κ2) is 7.78. The number of para-hydroxylation sites is 1. The molecule has 1 heterocycles. The number of ether oxygens (including phenoxy) is 1. The van der Waals surface area contributed by atoms with E-state index in [-0.39, 0.29) is 18.0 Å². The molecule has 0 spiro atoms. The third kappa shape index (κ3) is 4.82. The molecule has 1 unspecified atom stereocenters. The predicted octanol–water partition coefficient (Wildman–Crippen LogP) is 1.79. The number of aromatic nitrogens is 2. The van der Waals surface area contributed by atoms with Crippen molar-refractivity contribution in [3.05, 3.63) is 57.5 Å². The lowest BCUT2D eigenvalue weighted by Crippen LogP contribution is -2.39. The second-order valence-corrected chi connectivity index (χ2v) is 5.42. The fraction of sp³-hybridized carbons (Fsp3) is 0.312. The molecule has 2 rings (SSSR count). The average molecular weight is 336 g/mol. The summed E-state index contributed by atoms with van der Waals surface area (Å²) in [5.74, 6) is 0.166. The number of amides is 1. The zero-order valence-electron chi connectivity index (χ0n) is 13.0. The summed E-state index contributed by atoms with van der Waals surface area (Å²) in [6, 6.07) is 10.1. The average Bonchev–Trinajstić information content (AvgIpc) is 2.52. The van der Waals surface area contributed by atoms with Gasteiger partial charge in [-0.15, -0.1) is 0 Å². The summed E-state index contributed by atoms with van der Waals surface area (Å²) in [5, 5.41) is 7.26. The molecule has 0 aliphatic carbocycles. The highest BCUT2D eigenvalue weighted by molar-refractivity contribution is 6.32. The van der Waals surface area contributed by atoms with Crippen molar-refractivity contribution in [2.24, 2.45) is 0 Å². The fourth-order valence-electron chi connectivity index (χ4n) is 1.92. The summed E-state index contributed by atoms with van der Waals surface area (Å²) >= 11 is 5.99. The molecule has 122 valence electrons. The van der Waals surface area contributed by atoms with Crippen LogP contribution in [-0.4, -0.2) is 28.3 Å². The Kier molecular flexibility index (Phi) is 5.76. The van der Waals surface area contributed by atoms with Crippen molar-refractivity contribution in [2.75, 3.05) is 6.54 Å². The van der Waals surface area contributed by atoms with Crippen molar-refractivity contribution in [3.63, 3.8) is 0 Å². The van der Waals surface area contributed by atoms with Crippen LogP contribution in [0.25, 0.3) is 0 Å². The Morgan fingerprint density at radius 1 is 1.35 bits per heavy atom. The molecule has 0 saturated carbocycles. The first-order valence-corrected chi connectivity index (χ1v) is 7.59. The first-order chi connectivity index (χ1) is 11.0. The van der Waals surface area contributed by atoms with Gasteiger partial charge in [-0.2, -0.15) is 5.10 Å². The van der Waals surface area contributed by atoms with Crippen LogP contribution in [0, 0.1) is 6.92 Å². The molecule has 23 heavy (non-hydrogen) atoms. The Labute approximate surface area is 139 Å². The smallest absolute Gasteiger partial charge is 0.266 e. The molecule has 1 atom stereocenters. The van der Waals surface area contributed by atoms with Crippen LogP contribution in [0.4, 0.5) is 0 Å². The van der Waals surface area contributed by atoms with Crippen LogP contribution in [0.3, 0.4) is 0 Å². The molecule has 1 amide bonds. The maximum Gasteiger partial charge on any atom is 0.266 e. The fourth-order valence-corrected chi connectivity index (χ4v) is 2.10. The van der Waals surface area contributed by atoms with Gasteiger partial charge in [-0.25, -0.2) is 4.68 Å². The molecule has 6 nitrogen and oxygen atoms in total. The molecule has 0 bridgehead atoms. The molecule has 0 fully saturated rings. The maximum atomic E-state index is 12.0. The lowest BCUT2D eigenvalue weighted by molar-refractivity contribution is -0.127. The first-order valence-electron chi connectivity index (χ1n) is 7.21. The van der Waals surface area contributed by atoms with Gasteiger partial charge in [0.1, 0.15) is 5.75 Å². The molecule has 1 N–H and O–H groups in total. The van der Waals surface area contributed by atoms with Gasteiger partial charge in [0.05, 0.1) is 17.3 Å². The van der Waals surface area contributed by atoms with Crippen LogP contribution in [0.1, 0.15) is 12.6 Å². The lowest BCUT2D eigenvalue weighted by Gasteiger charge is -2.15. The van der Waals surface area contributed by atoms with Crippen LogP contribution in [-0.2, 0) is 11.3 Å². The van der Waals surface area contributed by atoms with E-state index in [1.807, 2.05) is 0 Å². The largest absolute Gasteiger partial charge is 0.479 e. The highest BCUT2D eigenvalue weighted by Crippen LogP contribution is 2.24. The first kappa shape index (κ1) is 17.0. The number of hydrogen-bond donors (Lipinski definition) is 1. The van der Waals surface area contributed by atoms with Crippen molar-refractivity contribution in [1.82, 2.24) is 15.1 Å². The Morgan fingerprint density at radius 3 is 2.83 bits per heavy atom. The topological polar surface area (TPSA) is 73.2 Å². The van der Waals surface area contributed by atoms with E-state index in [4.69, 9.17) is 16.3 Å². The summed E-state index contributed by atoms with van der Waals surface area (Å²) in [7, 11) is 0. The number of rotatable bonds is 6.